The van der Waals surface area contributed by atoms with Gasteiger partial charge in [0.15, 0.2) is 0 Å². The van der Waals surface area contributed by atoms with Crippen LogP contribution in [0.5, 0.6) is 0 Å². The number of benzene rings is 3. The maximum Gasteiger partial charge on any atom is 0.308 e. The predicted molar refractivity (Wildman–Crippen MR) is 144 cm³/mol. The zero-order valence-corrected chi connectivity index (χ0v) is 22.9. The maximum atomic E-state index is 13.8. The van der Waals surface area contributed by atoms with E-state index in [9.17, 15) is 18.3 Å². The van der Waals surface area contributed by atoms with Gasteiger partial charge in [-0.3, -0.25) is 4.79 Å². The van der Waals surface area contributed by atoms with Gasteiger partial charge in [0.05, 0.1) is 16.9 Å². The molecule has 0 spiro atoms. The smallest absolute Gasteiger partial charge is 0.308 e. The van der Waals surface area contributed by atoms with Crippen molar-refractivity contribution in [1.82, 2.24) is 4.31 Å². The van der Waals surface area contributed by atoms with Crippen molar-refractivity contribution in [3.05, 3.63) is 99.0 Å². The van der Waals surface area contributed by atoms with Crippen molar-refractivity contribution < 1.29 is 18.3 Å². The first kappa shape index (κ1) is 26.2. The zero-order valence-electron chi connectivity index (χ0n) is 19.0. The molecule has 5 nitrogen and oxygen atoms in total. The topological polar surface area (TPSA) is 74.7 Å². The van der Waals surface area contributed by atoms with Crippen molar-refractivity contribution in [2.24, 2.45) is 5.92 Å². The number of sulfonamides is 1. The molecule has 3 atom stereocenters. The Morgan fingerprint density at radius 3 is 2.43 bits per heavy atom. The molecular formula is C26H25BrClNO4S2. The van der Waals surface area contributed by atoms with Crippen LogP contribution in [0.2, 0.25) is 5.02 Å². The van der Waals surface area contributed by atoms with Crippen LogP contribution in [0.15, 0.2) is 82.2 Å². The van der Waals surface area contributed by atoms with Gasteiger partial charge in [-0.2, -0.15) is 16.1 Å². The largest absolute Gasteiger partial charge is 0.481 e. The van der Waals surface area contributed by atoms with E-state index in [1.807, 2.05) is 55.5 Å². The van der Waals surface area contributed by atoms with Crippen molar-refractivity contribution in [3.63, 3.8) is 0 Å². The molecule has 0 bridgehead atoms. The molecule has 4 rings (SSSR count). The lowest BCUT2D eigenvalue weighted by molar-refractivity contribution is -0.143. The van der Waals surface area contributed by atoms with Gasteiger partial charge in [-0.15, -0.1) is 0 Å². The third-order valence-electron chi connectivity index (χ3n) is 6.18. The highest BCUT2D eigenvalue weighted by Crippen LogP contribution is 2.43. The van der Waals surface area contributed by atoms with Crippen LogP contribution in [0.3, 0.4) is 0 Å². The van der Waals surface area contributed by atoms with Crippen LogP contribution in [0.4, 0.5) is 0 Å². The fourth-order valence-corrected chi connectivity index (χ4v) is 7.82. The average molecular weight is 595 g/mol. The quantitative estimate of drug-likeness (QED) is 0.336. The van der Waals surface area contributed by atoms with Crippen LogP contribution in [0, 0.1) is 12.8 Å². The summed E-state index contributed by atoms with van der Waals surface area (Å²) >= 11 is 11.0. The molecule has 0 radical (unpaired) electrons. The van der Waals surface area contributed by atoms with Crippen LogP contribution < -0.4 is 0 Å². The Kier molecular flexibility index (Phi) is 8.28. The number of thioether (sulfide) groups is 1. The minimum absolute atomic E-state index is 0.0962. The first-order valence-electron chi connectivity index (χ1n) is 11.1. The van der Waals surface area contributed by atoms with Gasteiger partial charge in [-0.25, -0.2) is 8.42 Å². The molecule has 1 saturated heterocycles. The predicted octanol–water partition coefficient (Wildman–Crippen LogP) is 6.55. The molecule has 0 unspecified atom stereocenters. The summed E-state index contributed by atoms with van der Waals surface area (Å²) in [7, 11) is -3.92. The van der Waals surface area contributed by atoms with Crippen LogP contribution >= 0.6 is 39.3 Å². The molecule has 0 saturated carbocycles. The summed E-state index contributed by atoms with van der Waals surface area (Å²) in [5.74, 6) is -1.21. The molecule has 0 amide bonds. The van der Waals surface area contributed by atoms with Crippen molar-refractivity contribution in [1.29, 1.82) is 0 Å². The summed E-state index contributed by atoms with van der Waals surface area (Å²) in [4.78, 5) is 12.5. The molecule has 0 aliphatic carbocycles. The number of carboxylic acids is 1. The number of hydrogen-bond donors (Lipinski definition) is 1. The highest BCUT2D eigenvalue weighted by Gasteiger charge is 2.45. The lowest BCUT2D eigenvalue weighted by Gasteiger charge is -2.42. The Morgan fingerprint density at radius 2 is 1.80 bits per heavy atom. The van der Waals surface area contributed by atoms with E-state index >= 15 is 0 Å². The monoisotopic (exact) mass is 593 g/mol. The molecule has 35 heavy (non-hydrogen) atoms. The van der Waals surface area contributed by atoms with Crippen molar-refractivity contribution in [3.8, 4) is 0 Å². The average Bonchev–Trinajstić information content (AvgIpc) is 2.83. The normalized spacial score (nSPS) is 21.1. The van der Waals surface area contributed by atoms with Crippen molar-refractivity contribution in [2.45, 2.75) is 35.3 Å². The Morgan fingerprint density at radius 1 is 1.11 bits per heavy atom. The summed E-state index contributed by atoms with van der Waals surface area (Å²) in [6.45, 7) is 1.80. The first-order valence-corrected chi connectivity index (χ1v) is 14.7. The molecule has 0 aromatic heterocycles. The molecule has 1 fully saturated rings. The lowest BCUT2D eigenvalue weighted by Crippen LogP contribution is -2.49. The molecular weight excluding hydrogens is 570 g/mol. The Hall–Kier alpha value is -1.84. The zero-order chi connectivity index (χ0) is 25.2. The fraction of sp³-hybridized carbons (Fsp3) is 0.269. The molecule has 1 N–H and O–H groups in total. The van der Waals surface area contributed by atoms with Crippen LogP contribution in [0.25, 0.3) is 0 Å². The Bertz CT molecular complexity index is 1300. The summed E-state index contributed by atoms with van der Waals surface area (Å²) in [5.41, 5.74) is 2.82. The van der Waals surface area contributed by atoms with Crippen LogP contribution in [-0.4, -0.2) is 35.6 Å². The molecule has 3 aromatic carbocycles. The second-order valence-electron chi connectivity index (χ2n) is 8.61. The third-order valence-corrected chi connectivity index (χ3v) is 10.3. The Balaban J connectivity index is 1.69. The second-order valence-corrected chi connectivity index (χ2v) is 13.1. The van der Waals surface area contributed by atoms with Gasteiger partial charge in [0.2, 0.25) is 10.0 Å². The number of piperidine rings is 1. The summed E-state index contributed by atoms with van der Waals surface area (Å²) in [6.07, 6.45) is 0.386. The minimum Gasteiger partial charge on any atom is -0.481 e. The third kappa shape index (κ3) is 6.12. The van der Waals surface area contributed by atoms with E-state index in [0.717, 1.165) is 21.2 Å². The fourth-order valence-electron chi connectivity index (χ4n) is 4.27. The van der Waals surface area contributed by atoms with Crippen LogP contribution in [0.1, 0.15) is 29.2 Å². The number of aryl methyl sites for hydroxylation is 1. The molecule has 1 aliphatic heterocycles. The molecule has 3 aromatic rings. The maximum absolute atomic E-state index is 13.8. The number of nitrogens with zero attached hydrogens (tertiary/aromatic N) is 1. The van der Waals surface area contributed by atoms with E-state index in [0.29, 0.717) is 17.2 Å². The standard InChI is InChI=1S/C26H25BrClNO4S2/c1-17-5-11-22(12-6-17)35(32,33)29-15-23(26(30)31)25(34-16-18-7-9-21(28)10-8-18)14-24(29)19-3-2-4-20(27)13-19/h2-13,23-25H,14-16H2,1H3,(H,30,31)/t23-,24+,25-/m1/s1. The molecule has 1 aliphatic rings. The van der Waals surface area contributed by atoms with Gasteiger partial charge >= 0.3 is 5.97 Å². The van der Waals surface area contributed by atoms with E-state index in [2.05, 4.69) is 15.9 Å². The van der Waals surface area contributed by atoms with Gasteiger partial charge in [-0.05, 0) is 60.9 Å². The SMILES string of the molecule is Cc1ccc(S(=O)(=O)N2C[C@@H](C(=O)O)[C@H](SCc3ccc(Cl)cc3)C[C@H]2c2cccc(Br)c2)cc1. The van der Waals surface area contributed by atoms with E-state index in [1.54, 1.807) is 36.0 Å². The minimum atomic E-state index is -3.92. The molecule has 184 valence electrons. The van der Waals surface area contributed by atoms with Gasteiger partial charge in [0, 0.05) is 27.0 Å². The highest BCUT2D eigenvalue weighted by atomic mass is 79.9. The van der Waals surface area contributed by atoms with Crippen molar-refractivity contribution in [2.75, 3.05) is 6.54 Å². The Labute approximate surface area is 223 Å². The number of aliphatic carboxylic acids is 1. The summed E-state index contributed by atoms with van der Waals surface area (Å²) in [6, 6.07) is 21.2. The molecule has 1 heterocycles. The highest BCUT2D eigenvalue weighted by molar-refractivity contribution is 9.10. The van der Waals surface area contributed by atoms with Crippen molar-refractivity contribution >= 4 is 55.3 Å². The van der Waals surface area contributed by atoms with Gasteiger partial charge in [-0.1, -0.05) is 69.5 Å². The summed E-state index contributed by atoms with van der Waals surface area (Å²) < 4.78 is 29.7. The van der Waals surface area contributed by atoms with Crippen LogP contribution in [-0.2, 0) is 20.6 Å². The number of rotatable bonds is 7. The number of halogens is 2. The first-order chi connectivity index (χ1) is 16.6. The summed E-state index contributed by atoms with van der Waals surface area (Å²) in [5, 5.41) is 10.5. The number of carboxylic acid groups (broad SMARTS) is 1. The number of hydrogen-bond acceptors (Lipinski definition) is 4. The van der Waals surface area contributed by atoms with E-state index in [4.69, 9.17) is 11.6 Å². The van der Waals surface area contributed by atoms with Gasteiger partial charge in [0.25, 0.3) is 0 Å². The van der Waals surface area contributed by atoms with E-state index in [1.165, 1.54) is 4.31 Å². The molecule has 9 heteroatoms. The number of carbonyl (C=O) groups is 1. The second kappa shape index (κ2) is 11.0. The van der Waals surface area contributed by atoms with Gasteiger partial charge < -0.3 is 5.11 Å². The lowest BCUT2D eigenvalue weighted by atomic mass is 9.90. The van der Waals surface area contributed by atoms with E-state index < -0.39 is 28.0 Å². The van der Waals surface area contributed by atoms with E-state index in [-0.39, 0.29) is 16.7 Å². The van der Waals surface area contributed by atoms with Gasteiger partial charge in [0.1, 0.15) is 0 Å².